The van der Waals surface area contributed by atoms with Crippen LogP contribution in [0, 0.1) is 24.0 Å². The fourth-order valence-corrected chi connectivity index (χ4v) is 5.00. The Morgan fingerprint density at radius 2 is 1.97 bits per heavy atom. The van der Waals surface area contributed by atoms with Gasteiger partial charge in [0.15, 0.2) is 0 Å². The second kappa shape index (κ2) is 9.12. The number of rotatable bonds is 7. The maximum atomic E-state index is 14.1. The molecule has 2 fully saturated rings. The number of aryl methyl sites for hydroxylation is 1. The number of pyridine rings is 1. The molecule has 0 spiro atoms. The Balaban J connectivity index is 1.67. The maximum absolute atomic E-state index is 14.1. The zero-order chi connectivity index (χ0) is 25.6. The third-order valence-corrected chi connectivity index (χ3v) is 7.24. The molecule has 3 heterocycles. The summed E-state index contributed by atoms with van der Waals surface area (Å²) >= 11 is 0. The van der Waals surface area contributed by atoms with Gasteiger partial charge in [0.25, 0.3) is 11.2 Å². The van der Waals surface area contributed by atoms with Gasteiger partial charge in [0, 0.05) is 30.9 Å². The number of benzene rings is 1. The van der Waals surface area contributed by atoms with Crippen LogP contribution in [0.4, 0.5) is 21.6 Å². The average molecular weight is 497 g/mol. The lowest BCUT2D eigenvalue weighted by molar-refractivity contribution is -0.385. The predicted octanol–water partition coefficient (Wildman–Crippen LogP) is 3.78. The van der Waals surface area contributed by atoms with Gasteiger partial charge < -0.3 is 19.5 Å². The zero-order valence-corrected chi connectivity index (χ0v) is 20.6. The Bertz CT molecular complexity index is 1400. The van der Waals surface area contributed by atoms with Gasteiger partial charge in [0.1, 0.15) is 29.5 Å². The molecule has 1 saturated heterocycles. The second-order valence-corrected chi connectivity index (χ2v) is 9.61. The summed E-state index contributed by atoms with van der Waals surface area (Å²) in [4.78, 5) is 36.0. The summed E-state index contributed by atoms with van der Waals surface area (Å²) in [5.74, 6) is 0.972. The molecule has 10 nitrogen and oxygen atoms in total. The average Bonchev–Trinajstić information content (AvgIpc) is 3.65. The van der Waals surface area contributed by atoms with Crippen molar-refractivity contribution in [3.63, 3.8) is 0 Å². The number of nitrogens with one attached hydrogen (secondary N) is 1. The molecule has 3 aromatic rings. The molecule has 1 aromatic carbocycles. The van der Waals surface area contributed by atoms with Crippen LogP contribution in [-0.2, 0) is 10.3 Å². The van der Waals surface area contributed by atoms with E-state index >= 15 is 0 Å². The van der Waals surface area contributed by atoms with Gasteiger partial charge in [-0.05, 0) is 39.2 Å². The number of anilines is 2. The lowest BCUT2D eigenvalue weighted by Crippen LogP contribution is -2.42. The number of hydrogen-bond donors (Lipinski definition) is 1. The van der Waals surface area contributed by atoms with E-state index in [0.29, 0.717) is 72.9 Å². The highest BCUT2D eigenvalue weighted by molar-refractivity contribution is 5.97. The van der Waals surface area contributed by atoms with Gasteiger partial charge in [-0.2, -0.15) is 0 Å². The minimum absolute atomic E-state index is 0.0481. The summed E-state index contributed by atoms with van der Waals surface area (Å²) in [6.07, 6.45) is 2.86. The lowest BCUT2D eigenvalue weighted by atomic mass is 10.0. The Morgan fingerprint density at radius 1 is 1.25 bits per heavy atom. The molecule has 1 aliphatic carbocycles. The smallest absolute Gasteiger partial charge is 0.276 e. The lowest BCUT2D eigenvalue weighted by Gasteiger charge is -2.30. The largest absolute Gasteiger partial charge is 0.378 e. The van der Waals surface area contributed by atoms with E-state index in [2.05, 4.69) is 15.3 Å². The van der Waals surface area contributed by atoms with Crippen molar-refractivity contribution in [2.75, 3.05) is 43.2 Å². The van der Waals surface area contributed by atoms with Crippen LogP contribution in [0.2, 0.25) is 0 Å². The Morgan fingerprint density at radius 3 is 2.61 bits per heavy atom. The van der Waals surface area contributed by atoms with Crippen molar-refractivity contribution in [3.8, 4) is 0 Å². The number of nitrogens with zero attached hydrogens (tertiary/aromatic N) is 5. The summed E-state index contributed by atoms with van der Waals surface area (Å²) in [5, 5.41) is 15.4. The predicted molar refractivity (Wildman–Crippen MR) is 135 cm³/mol. The number of ether oxygens (including phenoxy) is 1. The van der Waals surface area contributed by atoms with E-state index < -0.39 is 17.1 Å². The third-order valence-electron chi connectivity index (χ3n) is 7.24. The third kappa shape index (κ3) is 4.06. The first-order valence-corrected chi connectivity index (χ1v) is 12.1. The van der Waals surface area contributed by atoms with Gasteiger partial charge in [-0.1, -0.05) is 12.1 Å². The van der Waals surface area contributed by atoms with Crippen LogP contribution in [0.25, 0.3) is 10.9 Å². The number of fused-ring (bicyclic) bond motifs is 1. The van der Waals surface area contributed by atoms with Gasteiger partial charge in [0.05, 0.1) is 35.1 Å². The maximum Gasteiger partial charge on any atom is 0.276 e. The van der Waals surface area contributed by atoms with Crippen molar-refractivity contribution < 1.29 is 14.1 Å². The summed E-state index contributed by atoms with van der Waals surface area (Å²) < 4.78 is 21.1. The molecule has 0 radical (unpaired) electrons. The monoisotopic (exact) mass is 496 g/mol. The number of alkyl halides is 1. The fourth-order valence-electron chi connectivity index (χ4n) is 5.00. The van der Waals surface area contributed by atoms with E-state index in [9.17, 15) is 19.3 Å². The molecule has 1 saturated carbocycles. The molecule has 1 atom stereocenters. The highest BCUT2D eigenvalue weighted by Gasteiger charge is 2.46. The summed E-state index contributed by atoms with van der Waals surface area (Å²) in [6, 6.07) is 4.66. The molecule has 36 heavy (non-hydrogen) atoms. The molecule has 2 aliphatic rings. The van der Waals surface area contributed by atoms with Crippen LogP contribution < -0.4 is 15.8 Å². The Labute approximate surface area is 207 Å². The minimum Gasteiger partial charge on any atom is -0.378 e. The molecular formula is C25H29FN6O4. The van der Waals surface area contributed by atoms with Crippen molar-refractivity contribution in [1.82, 2.24) is 14.5 Å². The molecule has 0 unspecified atom stereocenters. The summed E-state index contributed by atoms with van der Waals surface area (Å²) in [6.45, 7) is 6.80. The quantitative estimate of drug-likeness (QED) is 0.388. The molecule has 11 heteroatoms. The van der Waals surface area contributed by atoms with Gasteiger partial charge in [-0.15, -0.1) is 0 Å². The molecule has 5 rings (SSSR count). The zero-order valence-electron chi connectivity index (χ0n) is 20.6. The number of halogens is 1. The van der Waals surface area contributed by atoms with Gasteiger partial charge in [0.2, 0.25) is 0 Å². The molecule has 2 aromatic heterocycles. The number of nitro groups is 1. The highest BCUT2D eigenvalue weighted by Crippen LogP contribution is 2.44. The number of morpholine rings is 1. The molecule has 1 aliphatic heterocycles. The van der Waals surface area contributed by atoms with Crippen molar-refractivity contribution in [2.45, 2.75) is 45.2 Å². The van der Waals surface area contributed by atoms with Crippen molar-refractivity contribution in [2.24, 2.45) is 0 Å². The van der Waals surface area contributed by atoms with Gasteiger partial charge >= 0.3 is 0 Å². The van der Waals surface area contributed by atoms with E-state index in [0.717, 1.165) is 5.56 Å². The van der Waals surface area contributed by atoms with Crippen LogP contribution >= 0.6 is 0 Å². The first-order valence-electron chi connectivity index (χ1n) is 12.1. The van der Waals surface area contributed by atoms with E-state index in [1.54, 1.807) is 26.1 Å². The number of hydrogen-bond acceptors (Lipinski definition) is 8. The van der Waals surface area contributed by atoms with E-state index in [1.165, 1.54) is 10.6 Å². The molecular weight excluding hydrogens is 467 g/mol. The standard InChI is InChI=1S/C25H29FN6O4/c1-15-18(5-4-6-20(15)32(34)35)16(2)27-23-19-13-31(25(14-26)7-8-25)24(33)22(21(19)28-17(3)29-23)30-9-11-36-12-10-30/h4-6,13,16H,7-12,14H2,1-3H3,(H,27,28,29)/t16-/m1/s1. The van der Waals surface area contributed by atoms with Crippen molar-refractivity contribution in [1.29, 1.82) is 0 Å². The Hall–Kier alpha value is -3.60. The van der Waals surface area contributed by atoms with Crippen molar-refractivity contribution >= 4 is 28.1 Å². The fraction of sp³-hybridized carbons (Fsp3) is 0.480. The van der Waals surface area contributed by atoms with Crippen molar-refractivity contribution in [3.05, 3.63) is 61.8 Å². The van der Waals surface area contributed by atoms with E-state index in [-0.39, 0.29) is 17.3 Å². The highest BCUT2D eigenvalue weighted by atomic mass is 19.1. The second-order valence-electron chi connectivity index (χ2n) is 9.61. The van der Waals surface area contributed by atoms with Crippen LogP contribution in [0.3, 0.4) is 0 Å². The molecule has 190 valence electrons. The molecule has 0 bridgehead atoms. The summed E-state index contributed by atoms with van der Waals surface area (Å²) in [5.41, 5.74) is 1.22. The first kappa shape index (κ1) is 24.1. The number of nitro benzene ring substituents is 1. The van der Waals surface area contributed by atoms with Gasteiger partial charge in [-0.25, -0.2) is 14.4 Å². The normalized spacial score (nSPS) is 17.7. The van der Waals surface area contributed by atoms with E-state index in [1.807, 2.05) is 17.9 Å². The molecule has 0 amide bonds. The van der Waals surface area contributed by atoms with Crippen LogP contribution in [0.5, 0.6) is 0 Å². The molecule has 1 N–H and O–H groups in total. The number of aromatic nitrogens is 3. The van der Waals surface area contributed by atoms with Gasteiger partial charge in [-0.3, -0.25) is 14.9 Å². The SMILES string of the molecule is Cc1nc(N[C@H](C)c2cccc([N+](=O)[O-])c2C)c2cn(C3(CF)CC3)c(=O)c(N3CCOCC3)c2n1. The Kier molecular flexibility index (Phi) is 6.11. The minimum atomic E-state index is -0.837. The summed E-state index contributed by atoms with van der Waals surface area (Å²) in [7, 11) is 0. The van der Waals surface area contributed by atoms with E-state index in [4.69, 9.17) is 4.74 Å². The van der Waals surface area contributed by atoms with Crippen LogP contribution in [0.15, 0.2) is 29.2 Å². The first-order chi connectivity index (χ1) is 17.3. The van der Waals surface area contributed by atoms with Crippen LogP contribution in [0.1, 0.15) is 42.8 Å². The van der Waals surface area contributed by atoms with Crippen LogP contribution in [-0.4, -0.2) is 52.4 Å². The topological polar surface area (TPSA) is 115 Å².